The number of hydrogen-bond acceptors (Lipinski definition) is 4. The Hall–Kier alpha value is -2.69. The lowest BCUT2D eigenvalue weighted by molar-refractivity contribution is -0.145. The van der Waals surface area contributed by atoms with Crippen LogP contribution in [0.4, 0.5) is 26.3 Å². The zero-order valence-corrected chi connectivity index (χ0v) is 15.6. The predicted molar refractivity (Wildman–Crippen MR) is 93.7 cm³/mol. The fourth-order valence-corrected chi connectivity index (χ4v) is 3.49. The molecule has 1 saturated heterocycles. The van der Waals surface area contributed by atoms with Gasteiger partial charge in [0.2, 0.25) is 5.82 Å². The smallest absolute Gasteiger partial charge is 0.337 e. The molecule has 5 nitrogen and oxygen atoms in total. The number of benzene rings is 1. The molecule has 1 atom stereocenters. The van der Waals surface area contributed by atoms with Crippen molar-refractivity contribution in [2.45, 2.75) is 31.5 Å². The number of alkyl halides is 3. The van der Waals surface area contributed by atoms with Crippen LogP contribution in [0.5, 0.6) is 0 Å². The van der Waals surface area contributed by atoms with Gasteiger partial charge < -0.3 is 10.6 Å². The van der Waals surface area contributed by atoms with Crippen molar-refractivity contribution in [1.29, 1.82) is 0 Å². The fourth-order valence-electron chi connectivity index (χ4n) is 3.49. The highest BCUT2D eigenvalue weighted by molar-refractivity contribution is 5.92. The van der Waals surface area contributed by atoms with Crippen molar-refractivity contribution < 1.29 is 31.1 Å². The van der Waals surface area contributed by atoms with Crippen LogP contribution in [-0.4, -0.2) is 39.9 Å². The van der Waals surface area contributed by atoms with E-state index < -0.39 is 41.4 Å². The standard InChI is InChI=1S/C19H18F6N4O/c20-12-7-11(16(22)13(21)9-12)8-14(26)10-2-5-29(6-3-10)17(30)15-1-4-27-18(28-15)19(23,24)25/h1,4,7,9-10,14H,2-3,5-6,8,26H2. The van der Waals surface area contributed by atoms with E-state index >= 15 is 0 Å². The van der Waals surface area contributed by atoms with E-state index in [4.69, 9.17) is 5.73 Å². The minimum absolute atomic E-state index is 0.0834. The minimum Gasteiger partial charge on any atom is -0.337 e. The van der Waals surface area contributed by atoms with E-state index in [2.05, 4.69) is 9.97 Å². The van der Waals surface area contributed by atoms with Crippen LogP contribution in [-0.2, 0) is 12.6 Å². The average molecular weight is 432 g/mol. The summed E-state index contributed by atoms with van der Waals surface area (Å²) in [4.78, 5) is 20.2. The Bertz CT molecular complexity index is 928. The van der Waals surface area contributed by atoms with Crippen molar-refractivity contribution in [2.75, 3.05) is 13.1 Å². The van der Waals surface area contributed by atoms with Gasteiger partial charge in [0.15, 0.2) is 11.6 Å². The van der Waals surface area contributed by atoms with Crippen LogP contribution in [0.1, 0.15) is 34.7 Å². The molecule has 30 heavy (non-hydrogen) atoms. The molecule has 0 aliphatic carbocycles. The molecular formula is C19H18F6N4O. The van der Waals surface area contributed by atoms with Crippen LogP contribution in [0.25, 0.3) is 0 Å². The van der Waals surface area contributed by atoms with Crippen LogP contribution in [0.2, 0.25) is 0 Å². The van der Waals surface area contributed by atoms with Crippen molar-refractivity contribution in [3.05, 3.63) is 58.9 Å². The summed E-state index contributed by atoms with van der Waals surface area (Å²) in [6, 6.07) is 1.85. The minimum atomic E-state index is -4.76. The quantitative estimate of drug-likeness (QED) is 0.594. The third kappa shape index (κ3) is 4.89. The lowest BCUT2D eigenvalue weighted by Gasteiger charge is -2.34. The number of amides is 1. The molecule has 2 heterocycles. The van der Waals surface area contributed by atoms with E-state index in [9.17, 15) is 31.1 Å². The Labute approximate surface area is 167 Å². The van der Waals surface area contributed by atoms with E-state index in [1.807, 2.05) is 0 Å². The van der Waals surface area contributed by atoms with Gasteiger partial charge in [-0.2, -0.15) is 13.2 Å². The molecule has 0 spiro atoms. The molecule has 1 aromatic carbocycles. The predicted octanol–water partition coefficient (Wildman–Crippen LogP) is 3.33. The van der Waals surface area contributed by atoms with Crippen LogP contribution in [0.15, 0.2) is 24.4 Å². The number of piperidine rings is 1. The second kappa shape index (κ2) is 8.58. The summed E-state index contributed by atoms with van der Waals surface area (Å²) in [6.07, 6.45) is -3.16. The number of nitrogens with two attached hydrogens (primary N) is 1. The molecule has 2 aromatic rings. The van der Waals surface area contributed by atoms with Crippen LogP contribution >= 0.6 is 0 Å². The number of halogens is 6. The van der Waals surface area contributed by atoms with Gasteiger partial charge in [0, 0.05) is 31.4 Å². The third-order valence-electron chi connectivity index (χ3n) is 5.08. The summed E-state index contributed by atoms with van der Waals surface area (Å²) >= 11 is 0. The van der Waals surface area contributed by atoms with Crippen LogP contribution in [0.3, 0.4) is 0 Å². The Morgan fingerprint density at radius 3 is 2.50 bits per heavy atom. The maximum Gasteiger partial charge on any atom is 0.451 e. The first-order valence-corrected chi connectivity index (χ1v) is 9.14. The van der Waals surface area contributed by atoms with Crippen molar-refractivity contribution in [1.82, 2.24) is 14.9 Å². The van der Waals surface area contributed by atoms with E-state index in [0.29, 0.717) is 18.9 Å². The van der Waals surface area contributed by atoms with E-state index in [0.717, 1.165) is 18.3 Å². The molecule has 1 fully saturated rings. The first-order chi connectivity index (χ1) is 14.1. The fraction of sp³-hybridized carbons (Fsp3) is 0.421. The van der Waals surface area contributed by atoms with Gasteiger partial charge in [-0.1, -0.05) is 0 Å². The number of carbonyl (C=O) groups excluding carboxylic acids is 1. The molecule has 1 amide bonds. The molecule has 0 saturated carbocycles. The molecule has 1 aromatic heterocycles. The zero-order valence-electron chi connectivity index (χ0n) is 15.6. The number of rotatable bonds is 4. The topological polar surface area (TPSA) is 72.1 Å². The molecule has 2 N–H and O–H groups in total. The van der Waals surface area contributed by atoms with Gasteiger partial charge in [0.25, 0.3) is 5.91 Å². The molecular weight excluding hydrogens is 414 g/mol. The van der Waals surface area contributed by atoms with Crippen molar-refractivity contribution in [3.8, 4) is 0 Å². The summed E-state index contributed by atoms with van der Waals surface area (Å²) in [5.74, 6) is -5.55. The highest BCUT2D eigenvalue weighted by atomic mass is 19.4. The molecule has 1 aliphatic rings. The van der Waals surface area contributed by atoms with Gasteiger partial charge in [-0.3, -0.25) is 4.79 Å². The molecule has 1 aliphatic heterocycles. The van der Waals surface area contributed by atoms with Crippen molar-refractivity contribution in [2.24, 2.45) is 11.7 Å². The van der Waals surface area contributed by atoms with Gasteiger partial charge in [-0.25, -0.2) is 23.1 Å². The summed E-state index contributed by atoms with van der Waals surface area (Å²) < 4.78 is 78.7. The number of nitrogens with zero attached hydrogens (tertiary/aromatic N) is 3. The normalized spacial score (nSPS) is 16.6. The van der Waals surface area contributed by atoms with Gasteiger partial charge in [-0.15, -0.1) is 0 Å². The maximum absolute atomic E-state index is 13.8. The largest absolute Gasteiger partial charge is 0.451 e. The van der Waals surface area contributed by atoms with Gasteiger partial charge in [0.05, 0.1) is 0 Å². The first kappa shape index (κ1) is 22.0. The van der Waals surface area contributed by atoms with E-state index in [-0.39, 0.29) is 36.7 Å². The molecule has 1 unspecified atom stereocenters. The van der Waals surface area contributed by atoms with Gasteiger partial charge in [0.1, 0.15) is 11.5 Å². The number of carbonyl (C=O) groups is 1. The van der Waals surface area contributed by atoms with E-state index in [1.54, 1.807) is 0 Å². The Morgan fingerprint density at radius 1 is 1.20 bits per heavy atom. The van der Waals surface area contributed by atoms with Gasteiger partial charge >= 0.3 is 6.18 Å². The molecule has 3 rings (SSSR count). The Balaban J connectivity index is 1.61. The molecule has 0 radical (unpaired) electrons. The second-order valence-corrected chi connectivity index (χ2v) is 7.12. The Morgan fingerprint density at radius 2 is 1.87 bits per heavy atom. The molecule has 0 bridgehead atoms. The van der Waals surface area contributed by atoms with Gasteiger partial charge in [-0.05, 0) is 42.9 Å². The summed E-state index contributed by atoms with van der Waals surface area (Å²) in [7, 11) is 0. The Kier molecular flexibility index (Phi) is 6.30. The lowest BCUT2D eigenvalue weighted by atomic mass is 9.86. The molecule has 162 valence electrons. The van der Waals surface area contributed by atoms with Crippen LogP contribution in [0, 0.1) is 23.4 Å². The maximum atomic E-state index is 13.8. The number of aromatic nitrogens is 2. The van der Waals surface area contributed by atoms with E-state index in [1.165, 1.54) is 4.90 Å². The second-order valence-electron chi connectivity index (χ2n) is 7.12. The first-order valence-electron chi connectivity index (χ1n) is 9.14. The zero-order chi connectivity index (χ0) is 22.1. The monoisotopic (exact) mass is 432 g/mol. The molecule has 11 heteroatoms. The average Bonchev–Trinajstić information content (AvgIpc) is 2.70. The third-order valence-corrected chi connectivity index (χ3v) is 5.08. The lowest BCUT2D eigenvalue weighted by Crippen LogP contribution is -2.44. The van der Waals surface area contributed by atoms with Crippen molar-refractivity contribution >= 4 is 5.91 Å². The highest BCUT2D eigenvalue weighted by Gasteiger charge is 2.36. The summed E-state index contributed by atoms with van der Waals surface area (Å²) in [5, 5.41) is 0. The van der Waals surface area contributed by atoms with Crippen LogP contribution < -0.4 is 5.73 Å². The summed E-state index contributed by atoms with van der Waals surface area (Å²) in [5.41, 5.74) is 5.56. The summed E-state index contributed by atoms with van der Waals surface area (Å²) in [6.45, 7) is 0.422. The number of hydrogen-bond donors (Lipinski definition) is 1. The van der Waals surface area contributed by atoms with Crippen molar-refractivity contribution in [3.63, 3.8) is 0 Å². The highest BCUT2D eigenvalue weighted by Crippen LogP contribution is 2.27. The number of likely N-dealkylation sites (tertiary alicyclic amines) is 1. The SMILES string of the molecule is NC(Cc1cc(F)cc(F)c1F)C1CCN(C(=O)c2ccnc(C(F)(F)F)n2)CC1.